The summed E-state index contributed by atoms with van der Waals surface area (Å²) in [5, 5.41) is 10.7. The van der Waals surface area contributed by atoms with Crippen molar-refractivity contribution in [3.05, 3.63) is 58.4 Å². The van der Waals surface area contributed by atoms with Crippen LogP contribution in [-0.2, 0) is 16.9 Å². The van der Waals surface area contributed by atoms with Gasteiger partial charge in [0.15, 0.2) is 11.5 Å². The number of nitrogens with zero attached hydrogens (tertiary/aromatic N) is 3. The minimum atomic E-state index is -1.24. The molecule has 1 fully saturated rings. The third kappa shape index (κ3) is 3.00. The summed E-state index contributed by atoms with van der Waals surface area (Å²) in [6, 6.07) is 12.0. The van der Waals surface area contributed by atoms with E-state index in [9.17, 15) is 9.59 Å². The fraction of sp³-hybridized carbons (Fsp3) is 0.200. The van der Waals surface area contributed by atoms with E-state index in [-0.39, 0.29) is 19.2 Å². The van der Waals surface area contributed by atoms with Crippen LogP contribution < -0.4 is 14.8 Å². The molecule has 1 N–H and O–H groups in total. The second-order valence-corrected chi connectivity index (χ2v) is 7.94. The highest BCUT2D eigenvalue weighted by molar-refractivity contribution is 9.10. The van der Waals surface area contributed by atoms with Crippen LogP contribution in [0.3, 0.4) is 0 Å². The molecule has 2 aliphatic heterocycles. The smallest absolute Gasteiger partial charge is 0.325 e. The number of rotatable bonds is 4. The lowest BCUT2D eigenvalue weighted by Crippen LogP contribution is -2.40. The lowest BCUT2D eigenvalue weighted by molar-refractivity contribution is -0.131. The molecule has 10 heteroatoms. The number of hydrogen-bond donors (Lipinski definition) is 1. The number of aromatic nitrogens is 2. The van der Waals surface area contributed by atoms with E-state index in [0.29, 0.717) is 23.0 Å². The van der Waals surface area contributed by atoms with Gasteiger partial charge in [0.05, 0.1) is 0 Å². The van der Waals surface area contributed by atoms with E-state index < -0.39 is 17.5 Å². The van der Waals surface area contributed by atoms with Crippen molar-refractivity contribution in [1.29, 1.82) is 0 Å². The highest BCUT2D eigenvalue weighted by atomic mass is 79.9. The number of carbonyl (C=O) groups is 2. The number of halogens is 1. The van der Waals surface area contributed by atoms with Crippen molar-refractivity contribution in [2.45, 2.75) is 19.0 Å². The summed E-state index contributed by atoms with van der Waals surface area (Å²) in [4.78, 5) is 26.8. The molecular weight excluding hydrogens is 456 g/mol. The third-order valence-electron chi connectivity index (χ3n) is 5.08. The van der Waals surface area contributed by atoms with Crippen LogP contribution in [0.25, 0.3) is 11.5 Å². The van der Waals surface area contributed by atoms with Crippen LogP contribution in [0.2, 0.25) is 0 Å². The average molecular weight is 471 g/mol. The Balaban J connectivity index is 1.38. The number of imide groups is 1. The molecule has 3 amide bonds. The quantitative estimate of drug-likeness (QED) is 0.583. The molecule has 1 aromatic heterocycles. The molecule has 0 bridgehead atoms. The van der Waals surface area contributed by atoms with Gasteiger partial charge in [-0.2, -0.15) is 0 Å². The van der Waals surface area contributed by atoms with Crippen molar-refractivity contribution >= 4 is 27.9 Å². The predicted octanol–water partition coefficient (Wildman–Crippen LogP) is 3.20. The van der Waals surface area contributed by atoms with Gasteiger partial charge in [-0.15, -0.1) is 10.2 Å². The fourth-order valence-corrected chi connectivity index (χ4v) is 3.67. The van der Waals surface area contributed by atoms with Crippen LogP contribution in [-0.4, -0.2) is 33.8 Å². The molecule has 0 saturated carbocycles. The molecule has 1 atom stereocenters. The minimum absolute atomic E-state index is 0.125. The fourth-order valence-electron chi connectivity index (χ4n) is 3.41. The molecule has 2 aromatic carbocycles. The van der Waals surface area contributed by atoms with Crippen molar-refractivity contribution in [3.63, 3.8) is 0 Å². The van der Waals surface area contributed by atoms with Gasteiger partial charge in [0, 0.05) is 10.0 Å². The minimum Gasteiger partial charge on any atom is -0.454 e. The molecule has 9 nitrogen and oxygen atoms in total. The Morgan fingerprint density at radius 3 is 2.67 bits per heavy atom. The molecule has 152 valence electrons. The van der Waals surface area contributed by atoms with Gasteiger partial charge in [0.1, 0.15) is 12.1 Å². The average Bonchev–Trinajstić information content (AvgIpc) is 3.44. The van der Waals surface area contributed by atoms with Crippen LogP contribution in [0.4, 0.5) is 4.79 Å². The van der Waals surface area contributed by atoms with Crippen molar-refractivity contribution in [3.8, 4) is 23.0 Å². The maximum atomic E-state index is 13.1. The number of ether oxygens (including phenoxy) is 2. The van der Waals surface area contributed by atoms with Crippen molar-refractivity contribution in [1.82, 2.24) is 20.4 Å². The molecule has 1 saturated heterocycles. The second-order valence-electron chi connectivity index (χ2n) is 7.02. The summed E-state index contributed by atoms with van der Waals surface area (Å²) in [5.41, 5.74) is 0.0834. The van der Waals surface area contributed by atoms with E-state index in [1.165, 1.54) is 0 Å². The Bertz CT molecular complexity index is 1160. The number of hydrogen-bond acceptors (Lipinski definition) is 7. The Labute approximate surface area is 179 Å². The van der Waals surface area contributed by atoms with Crippen molar-refractivity contribution in [2.75, 3.05) is 6.79 Å². The van der Waals surface area contributed by atoms with Crippen LogP contribution in [0.15, 0.2) is 51.4 Å². The monoisotopic (exact) mass is 470 g/mol. The van der Waals surface area contributed by atoms with Gasteiger partial charge >= 0.3 is 6.03 Å². The topological polar surface area (TPSA) is 107 Å². The van der Waals surface area contributed by atoms with Crippen LogP contribution in [0, 0.1) is 0 Å². The maximum absolute atomic E-state index is 13.1. The first-order valence-electron chi connectivity index (χ1n) is 9.06. The first-order valence-corrected chi connectivity index (χ1v) is 9.86. The first kappa shape index (κ1) is 18.6. The summed E-state index contributed by atoms with van der Waals surface area (Å²) in [5.74, 6) is 1.18. The second kappa shape index (κ2) is 6.84. The number of benzene rings is 2. The summed E-state index contributed by atoms with van der Waals surface area (Å²) < 4.78 is 17.3. The van der Waals surface area contributed by atoms with E-state index in [1.807, 2.05) is 24.3 Å². The van der Waals surface area contributed by atoms with Gasteiger partial charge in [-0.1, -0.05) is 22.0 Å². The third-order valence-corrected chi connectivity index (χ3v) is 5.60. The molecule has 0 radical (unpaired) electrons. The Hall–Kier alpha value is -3.40. The molecule has 0 unspecified atom stereocenters. The van der Waals surface area contributed by atoms with E-state index in [4.69, 9.17) is 13.9 Å². The Morgan fingerprint density at radius 2 is 1.87 bits per heavy atom. The van der Waals surface area contributed by atoms with E-state index in [1.54, 1.807) is 25.1 Å². The Morgan fingerprint density at radius 1 is 1.10 bits per heavy atom. The maximum Gasteiger partial charge on any atom is 0.325 e. The number of carbonyl (C=O) groups excluding carboxylic acids is 2. The Kier molecular flexibility index (Phi) is 4.24. The molecule has 0 aliphatic carbocycles. The van der Waals surface area contributed by atoms with Gasteiger partial charge in [0.2, 0.25) is 18.6 Å². The van der Waals surface area contributed by atoms with Gasteiger partial charge < -0.3 is 19.2 Å². The molecule has 30 heavy (non-hydrogen) atoms. The molecule has 0 spiro atoms. The van der Waals surface area contributed by atoms with Gasteiger partial charge in [-0.25, -0.2) is 4.79 Å². The van der Waals surface area contributed by atoms with Crippen LogP contribution in [0.5, 0.6) is 11.5 Å². The lowest BCUT2D eigenvalue weighted by atomic mass is 9.91. The molecular formula is C20H15BrN4O5. The number of amides is 3. The molecule has 5 rings (SSSR count). The number of nitrogens with one attached hydrogen (secondary N) is 1. The molecule has 2 aliphatic rings. The van der Waals surface area contributed by atoms with Crippen LogP contribution >= 0.6 is 15.9 Å². The van der Waals surface area contributed by atoms with E-state index >= 15 is 0 Å². The SMILES string of the molecule is C[C@]1(c2ccc3c(c2)OCO3)NC(=O)N(Cc2nnc(-c3ccc(Br)cc3)o2)C1=O. The zero-order chi connectivity index (χ0) is 20.9. The van der Waals surface area contributed by atoms with E-state index in [2.05, 4.69) is 31.4 Å². The van der Waals surface area contributed by atoms with Gasteiger partial charge in [-0.3, -0.25) is 9.69 Å². The van der Waals surface area contributed by atoms with Gasteiger partial charge in [-0.05, 0) is 48.9 Å². The summed E-state index contributed by atoms with van der Waals surface area (Å²) in [7, 11) is 0. The number of fused-ring (bicyclic) bond motifs is 1. The first-order chi connectivity index (χ1) is 14.4. The van der Waals surface area contributed by atoms with Crippen molar-refractivity contribution < 1.29 is 23.5 Å². The summed E-state index contributed by atoms with van der Waals surface area (Å²) >= 11 is 3.37. The zero-order valence-electron chi connectivity index (χ0n) is 15.7. The standard InChI is InChI=1S/C20H15BrN4O5/c1-20(12-4-7-14-15(8-12)29-10-28-14)18(26)25(19(27)22-20)9-16-23-24-17(30-16)11-2-5-13(21)6-3-11/h2-8H,9-10H2,1H3,(H,22,27)/t20-/m1/s1. The van der Waals surface area contributed by atoms with Gasteiger partial charge in [0.25, 0.3) is 5.91 Å². The normalized spacial score (nSPS) is 20.0. The van der Waals surface area contributed by atoms with E-state index in [0.717, 1.165) is 14.9 Å². The zero-order valence-corrected chi connectivity index (χ0v) is 17.3. The lowest BCUT2D eigenvalue weighted by Gasteiger charge is -2.22. The largest absolute Gasteiger partial charge is 0.454 e. The summed E-state index contributed by atoms with van der Waals surface area (Å²) in [6.45, 7) is 1.64. The molecule has 3 heterocycles. The van der Waals surface area contributed by atoms with Crippen LogP contribution in [0.1, 0.15) is 18.4 Å². The predicted molar refractivity (Wildman–Crippen MR) is 106 cm³/mol. The summed E-state index contributed by atoms with van der Waals surface area (Å²) in [6.07, 6.45) is 0. The highest BCUT2D eigenvalue weighted by Crippen LogP contribution is 2.38. The molecule has 3 aromatic rings. The number of urea groups is 1. The highest BCUT2D eigenvalue weighted by Gasteiger charge is 2.49. The van der Waals surface area contributed by atoms with Crippen molar-refractivity contribution in [2.24, 2.45) is 0 Å².